The average Bonchev–Trinajstić information content (AvgIpc) is 3.66. The third-order valence-electron chi connectivity index (χ3n) is 9.08. The quantitative estimate of drug-likeness (QED) is 0.302. The molecule has 2 saturated heterocycles. The first-order valence-electron chi connectivity index (χ1n) is 17.5. The topological polar surface area (TPSA) is 155 Å². The van der Waals surface area contributed by atoms with Crippen LogP contribution in [0, 0.1) is 11.3 Å². The fourth-order valence-electron chi connectivity index (χ4n) is 6.68. The number of nitrogens with one attached hydrogen (secondary N) is 1. The summed E-state index contributed by atoms with van der Waals surface area (Å²) in [6, 6.07) is 8.37. The molecule has 0 aliphatic carbocycles. The van der Waals surface area contributed by atoms with E-state index in [9.17, 15) is 14.9 Å². The number of para-hydroxylation sites is 1. The Balaban J connectivity index is 1.28. The van der Waals surface area contributed by atoms with Gasteiger partial charge in [0.15, 0.2) is 5.13 Å². The van der Waals surface area contributed by atoms with Crippen molar-refractivity contribution in [2.24, 2.45) is 0 Å². The molecule has 0 radical (unpaired) electrons. The van der Waals surface area contributed by atoms with Crippen molar-refractivity contribution >= 4 is 44.7 Å². The molecule has 3 atom stereocenters. The lowest BCUT2D eigenvalue weighted by atomic mass is 9.98. The Morgan fingerprint density at radius 2 is 1.84 bits per heavy atom. The van der Waals surface area contributed by atoms with Crippen molar-refractivity contribution in [1.29, 1.82) is 5.26 Å². The number of aromatic nitrogens is 3. The maximum atomic E-state index is 13.1. The lowest BCUT2D eigenvalue weighted by Gasteiger charge is -2.42. The van der Waals surface area contributed by atoms with Crippen LogP contribution in [0.25, 0.3) is 10.2 Å². The van der Waals surface area contributed by atoms with Crippen molar-refractivity contribution in [3.63, 3.8) is 0 Å². The van der Waals surface area contributed by atoms with E-state index < -0.39 is 23.4 Å². The zero-order valence-electron chi connectivity index (χ0n) is 30.5. The molecule has 0 spiro atoms. The molecule has 2 amide bonds. The lowest BCUT2D eigenvalue weighted by molar-refractivity contribution is 0.0140. The maximum Gasteiger partial charge on any atom is 0.413 e. The number of thiazole rings is 1. The lowest BCUT2D eigenvalue weighted by Crippen LogP contribution is -2.56. The van der Waals surface area contributed by atoms with Gasteiger partial charge in [-0.25, -0.2) is 14.6 Å². The number of benzene rings is 1. The fraction of sp³-hybridized carbons (Fsp3) is 0.611. The summed E-state index contributed by atoms with van der Waals surface area (Å²) in [5.74, 6) is 0.690. The molecule has 1 N–H and O–H groups in total. The van der Waals surface area contributed by atoms with E-state index in [4.69, 9.17) is 33.9 Å². The fourth-order valence-corrected chi connectivity index (χ4v) is 7.57. The largest absolute Gasteiger partial charge is 0.462 e. The maximum absolute atomic E-state index is 13.1. The van der Waals surface area contributed by atoms with Crippen molar-refractivity contribution in [3.8, 4) is 12.1 Å². The zero-order chi connectivity index (χ0) is 36.5. The predicted molar refractivity (Wildman–Crippen MR) is 193 cm³/mol. The second-order valence-electron chi connectivity index (χ2n) is 15.3. The summed E-state index contributed by atoms with van der Waals surface area (Å²) in [6.45, 7) is 14.0. The number of fused-ring (bicyclic) bond motifs is 2. The first-order valence-corrected chi connectivity index (χ1v) is 18.3. The van der Waals surface area contributed by atoms with Gasteiger partial charge in [0.2, 0.25) is 0 Å². The minimum absolute atomic E-state index is 0.154. The van der Waals surface area contributed by atoms with Crippen LogP contribution in [0.4, 0.5) is 20.5 Å². The van der Waals surface area contributed by atoms with Crippen molar-refractivity contribution in [2.75, 3.05) is 50.1 Å². The van der Waals surface area contributed by atoms with Gasteiger partial charge in [-0.2, -0.15) is 15.2 Å². The summed E-state index contributed by atoms with van der Waals surface area (Å²) in [5.41, 5.74) is 2.03. The Hall–Kier alpha value is -4.26. The van der Waals surface area contributed by atoms with Gasteiger partial charge < -0.3 is 33.6 Å². The molecule has 15 heteroatoms. The highest BCUT2D eigenvalue weighted by atomic mass is 32.1. The Kier molecular flexibility index (Phi) is 10.6. The molecule has 5 heterocycles. The Labute approximate surface area is 303 Å². The number of ether oxygens (including phenoxy) is 4. The van der Waals surface area contributed by atoms with E-state index in [0.717, 1.165) is 46.4 Å². The van der Waals surface area contributed by atoms with Crippen LogP contribution in [0.5, 0.6) is 6.01 Å². The molecule has 3 aliphatic rings. The molecule has 14 nitrogen and oxygen atoms in total. The van der Waals surface area contributed by atoms with Gasteiger partial charge in [0, 0.05) is 43.2 Å². The molecule has 2 fully saturated rings. The van der Waals surface area contributed by atoms with E-state index in [1.165, 1.54) is 11.3 Å². The zero-order valence-corrected chi connectivity index (χ0v) is 31.3. The van der Waals surface area contributed by atoms with Gasteiger partial charge in [0.25, 0.3) is 0 Å². The molecule has 274 valence electrons. The Morgan fingerprint density at radius 1 is 1.06 bits per heavy atom. The van der Waals surface area contributed by atoms with E-state index in [1.807, 2.05) is 59.7 Å². The number of hydrogen-bond donors (Lipinski definition) is 1. The van der Waals surface area contributed by atoms with Crippen molar-refractivity contribution in [3.05, 3.63) is 35.0 Å². The minimum atomic E-state index is -0.649. The van der Waals surface area contributed by atoms with Crippen LogP contribution in [0.15, 0.2) is 18.2 Å². The van der Waals surface area contributed by atoms with Crippen LogP contribution in [-0.4, -0.2) is 100 Å². The van der Waals surface area contributed by atoms with Gasteiger partial charge in [0.05, 0.1) is 47.2 Å². The van der Waals surface area contributed by atoms with E-state index in [0.29, 0.717) is 49.6 Å². The number of amides is 2. The van der Waals surface area contributed by atoms with E-state index in [-0.39, 0.29) is 31.2 Å². The summed E-state index contributed by atoms with van der Waals surface area (Å²) in [4.78, 5) is 46.3. The molecule has 0 saturated carbocycles. The number of nitrogens with zero attached hydrogens (tertiary/aromatic N) is 7. The number of rotatable bonds is 7. The van der Waals surface area contributed by atoms with Crippen LogP contribution in [0.2, 0.25) is 0 Å². The molecule has 3 aliphatic heterocycles. The van der Waals surface area contributed by atoms with E-state index in [2.05, 4.69) is 28.2 Å². The summed E-state index contributed by atoms with van der Waals surface area (Å²) >= 11 is 1.37. The third-order valence-corrected chi connectivity index (χ3v) is 10.0. The highest BCUT2D eigenvalue weighted by Crippen LogP contribution is 2.39. The molecule has 3 aromatic rings. The summed E-state index contributed by atoms with van der Waals surface area (Å²) in [6.07, 6.45) is 1.44. The minimum Gasteiger partial charge on any atom is -0.462 e. The third kappa shape index (κ3) is 8.80. The van der Waals surface area contributed by atoms with Crippen LogP contribution in [-0.2, 0) is 27.2 Å². The summed E-state index contributed by atoms with van der Waals surface area (Å²) in [5, 5.41) is 12.9. The molecule has 6 rings (SSSR count). The van der Waals surface area contributed by atoms with Gasteiger partial charge in [-0.15, -0.1) is 0 Å². The number of likely N-dealkylation sites (N-methyl/N-ethyl adjacent to an activating group) is 1. The highest BCUT2D eigenvalue weighted by molar-refractivity contribution is 7.22. The summed E-state index contributed by atoms with van der Waals surface area (Å²) in [7, 11) is 2.11. The smallest absolute Gasteiger partial charge is 0.413 e. The number of nitriles is 1. The SMILES string of the molecule is CN1CCC[C@H]1COc1nc2c(c(N3CCN(C(=O)OC(C)(C)C)[C@@H](CC#N)C3)n1)COC(c1cccc3sc(NC(=O)OC(C)(C)C)nc13)C2. The first kappa shape index (κ1) is 36.5. The normalized spacial score (nSPS) is 21.3. The molecule has 51 heavy (non-hydrogen) atoms. The van der Waals surface area contributed by atoms with Gasteiger partial charge in [-0.1, -0.05) is 23.5 Å². The Bertz CT molecular complexity index is 1800. The van der Waals surface area contributed by atoms with Crippen molar-refractivity contribution < 1.29 is 28.5 Å². The number of piperazine rings is 1. The molecule has 1 unspecified atom stereocenters. The van der Waals surface area contributed by atoms with E-state index in [1.54, 1.807) is 4.90 Å². The van der Waals surface area contributed by atoms with Gasteiger partial charge in [0.1, 0.15) is 23.6 Å². The van der Waals surface area contributed by atoms with Gasteiger partial charge in [-0.05, 0) is 74.0 Å². The molecule has 2 aromatic heterocycles. The number of hydrogen-bond acceptors (Lipinski definition) is 13. The van der Waals surface area contributed by atoms with Crippen LogP contribution >= 0.6 is 11.3 Å². The second kappa shape index (κ2) is 14.8. The number of carbonyl (C=O) groups is 2. The number of carbonyl (C=O) groups excluding carboxylic acids is 2. The van der Waals surface area contributed by atoms with Crippen LogP contribution in [0.1, 0.15) is 83.7 Å². The van der Waals surface area contributed by atoms with Gasteiger partial charge in [-0.3, -0.25) is 5.32 Å². The Morgan fingerprint density at radius 3 is 2.55 bits per heavy atom. The number of likely N-dealkylation sites (tertiary alicyclic amines) is 1. The van der Waals surface area contributed by atoms with E-state index >= 15 is 0 Å². The second-order valence-corrected chi connectivity index (χ2v) is 16.4. The van der Waals surface area contributed by atoms with Crippen molar-refractivity contribution in [2.45, 2.75) is 103 Å². The molecular formula is C36H48N8O6S. The molecular weight excluding hydrogens is 673 g/mol. The monoisotopic (exact) mass is 720 g/mol. The molecule has 1 aromatic carbocycles. The summed E-state index contributed by atoms with van der Waals surface area (Å²) < 4.78 is 24.8. The first-order chi connectivity index (χ1) is 24.2. The number of anilines is 2. The van der Waals surface area contributed by atoms with Crippen LogP contribution < -0.4 is 15.0 Å². The predicted octanol–water partition coefficient (Wildman–Crippen LogP) is 6.06. The van der Waals surface area contributed by atoms with Crippen LogP contribution in [0.3, 0.4) is 0 Å². The van der Waals surface area contributed by atoms with Crippen molar-refractivity contribution in [1.82, 2.24) is 24.8 Å². The highest BCUT2D eigenvalue weighted by Gasteiger charge is 2.37. The van der Waals surface area contributed by atoms with Gasteiger partial charge >= 0.3 is 18.2 Å². The molecule has 0 bridgehead atoms. The standard InChI is InChI=1S/C36H48N8O6S/c1-35(2,3)49-33(45)41-32-39-29-24(11-8-12-28(29)51-32)27-18-26-25(21-47-27)30(40-31(38-26)48-20-23-10-9-15-42(23)7)43-16-17-44(22(19-43)13-14-37)34(46)50-36(4,5)6/h8,11-12,22-23,27H,9-10,13,15-21H2,1-7H3,(H,39,41,45)/t22-,23-,27?/m0/s1. The average molecular weight is 721 g/mol.